The number of carbonyl (C=O) groups excluding carboxylic acids is 2. The van der Waals surface area contributed by atoms with Crippen LogP contribution in [0.2, 0.25) is 0 Å². The largest absolute Gasteiger partial charge is 0.373 e. The van der Waals surface area contributed by atoms with Crippen LogP contribution in [0.1, 0.15) is 31.7 Å². The van der Waals surface area contributed by atoms with Gasteiger partial charge in [-0.05, 0) is 31.4 Å². The topological polar surface area (TPSA) is 111 Å². The number of likely N-dealkylation sites (N-methyl/N-ethyl adjacent to an activating group) is 1. The van der Waals surface area contributed by atoms with Crippen molar-refractivity contribution < 1.29 is 9.59 Å². The highest BCUT2D eigenvalue weighted by molar-refractivity contribution is 5.93. The van der Waals surface area contributed by atoms with Gasteiger partial charge in [-0.25, -0.2) is 4.98 Å². The summed E-state index contributed by atoms with van der Waals surface area (Å²) in [4.78, 5) is 34.3. The number of aromatic nitrogens is 2. The van der Waals surface area contributed by atoms with Gasteiger partial charge in [0, 0.05) is 25.6 Å². The molecule has 8 heteroatoms. The first kappa shape index (κ1) is 20.3. The summed E-state index contributed by atoms with van der Waals surface area (Å²) in [6, 6.07) is 6.98. The number of anilines is 2. The molecular formula is C21H24N6O2. The summed E-state index contributed by atoms with van der Waals surface area (Å²) in [5.41, 5.74) is 2.38. The number of carbonyl (C=O) groups is 2. The molecule has 0 bridgehead atoms. The van der Waals surface area contributed by atoms with Gasteiger partial charge in [-0.3, -0.25) is 14.6 Å². The third-order valence-corrected chi connectivity index (χ3v) is 4.76. The van der Waals surface area contributed by atoms with Gasteiger partial charge in [-0.2, -0.15) is 5.26 Å². The number of hydrogen-bond acceptors (Lipinski definition) is 6. The highest BCUT2D eigenvalue weighted by atomic mass is 16.2. The Kier molecular flexibility index (Phi) is 6.07. The van der Waals surface area contributed by atoms with Gasteiger partial charge in [0.25, 0.3) is 0 Å². The zero-order chi connectivity index (χ0) is 21.0. The molecule has 1 fully saturated rings. The third-order valence-electron chi connectivity index (χ3n) is 4.76. The molecule has 3 rings (SSSR count). The van der Waals surface area contributed by atoms with Crippen molar-refractivity contribution in [3.05, 3.63) is 36.2 Å². The van der Waals surface area contributed by atoms with Crippen molar-refractivity contribution in [2.75, 3.05) is 24.7 Å². The zero-order valence-corrected chi connectivity index (χ0v) is 16.8. The number of amides is 2. The van der Waals surface area contributed by atoms with Crippen LogP contribution in [-0.4, -0.2) is 46.8 Å². The Morgan fingerprint density at radius 1 is 1.28 bits per heavy atom. The quantitative estimate of drug-likeness (QED) is 0.749. The van der Waals surface area contributed by atoms with Gasteiger partial charge in [-0.1, -0.05) is 13.0 Å². The minimum absolute atomic E-state index is 0.0203. The summed E-state index contributed by atoms with van der Waals surface area (Å²) in [7, 11) is 3.40. The smallest absolute Gasteiger partial charge is 0.244 e. The van der Waals surface area contributed by atoms with Crippen LogP contribution in [0.5, 0.6) is 0 Å². The Balaban J connectivity index is 1.81. The van der Waals surface area contributed by atoms with Crippen LogP contribution < -0.4 is 10.6 Å². The van der Waals surface area contributed by atoms with Crippen molar-refractivity contribution in [1.29, 1.82) is 5.26 Å². The number of nitrogens with zero attached hydrogens (tertiary/aromatic N) is 4. The van der Waals surface area contributed by atoms with E-state index in [0.29, 0.717) is 29.2 Å². The lowest BCUT2D eigenvalue weighted by Gasteiger charge is -2.22. The molecule has 1 atom stereocenters. The fraction of sp³-hybridized carbons (Fsp3) is 0.381. The van der Waals surface area contributed by atoms with Gasteiger partial charge in [0.05, 0.1) is 29.3 Å². The van der Waals surface area contributed by atoms with E-state index in [1.165, 1.54) is 11.1 Å². The van der Waals surface area contributed by atoms with Gasteiger partial charge in [-0.15, -0.1) is 0 Å². The maximum atomic E-state index is 12.3. The minimum atomic E-state index is -0.432. The standard InChI is InChI=1S/C21H24N6O2/c1-4-16(21(29)27(2)3)25-17-9-14(7-8-15(17)10-22)18-11-24-19(12-23-18)26-20(28)13-5-6-13/h7-9,11-13,16,25H,4-6H2,1-3H3,(H,24,26,28)/t16-/m0/s1. The first-order valence-corrected chi connectivity index (χ1v) is 9.58. The molecule has 0 saturated heterocycles. The normalized spacial score (nSPS) is 13.9. The van der Waals surface area contributed by atoms with E-state index in [4.69, 9.17) is 0 Å². The maximum Gasteiger partial charge on any atom is 0.244 e. The summed E-state index contributed by atoms with van der Waals surface area (Å²) >= 11 is 0. The van der Waals surface area contributed by atoms with Crippen LogP contribution in [0.15, 0.2) is 30.6 Å². The van der Waals surface area contributed by atoms with E-state index >= 15 is 0 Å². The fourth-order valence-corrected chi connectivity index (χ4v) is 2.87. The highest BCUT2D eigenvalue weighted by Crippen LogP contribution is 2.30. The van der Waals surface area contributed by atoms with Crippen LogP contribution in [0.4, 0.5) is 11.5 Å². The number of benzene rings is 1. The second kappa shape index (κ2) is 8.69. The van der Waals surface area contributed by atoms with Crippen molar-refractivity contribution in [2.24, 2.45) is 5.92 Å². The Morgan fingerprint density at radius 3 is 2.59 bits per heavy atom. The van der Waals surface area contributed by atoms with E-state index in [0.717, 1.165) is 18.4 Å². The predicted molar refractivity (Wildman–Crippen MR) is 110 cm³/mol. The van der Waals surface area contributed by atoms with Gasteiger partial charge in [0.15, 0.2) is 5.82 Å². The van der Waals surface area contributed by atoms with Crippen LogP contribution >= 0.6 is 0 Å². The molecule has 1 heterocycles. The van der Waals surface area contributed by atoms with Crippen LogP contribution in [-0.2, 0) is 9.59 Å². The van der Waals surface area contributed by atoms with E-state index < -0.39 is 6.04 Å². The van der Waals surface area contributed by atoms with Crippen molar-refractivity contribution in [2.45, 2.75) is 32.2 Å². The number of hydrogen-bond donors (Lipinski definition) is 2. The van der Waals surface area contributed by atoms with Crippen LogP contribution in [0, 0.1) is 17.2 Å². The zero-order valence-electron chi connectivity index (χ0n) is 16.8. The SMILES string of the molecule is CC[C@H](Nc1cc(-c2cnc(NC(=O)C3CC3)cn2)ccc1C#N)C(=O)N(C)C. The Hall–Kier alpha value is -3.47. The maximum absolute atomic E-state index is 12.3. The van der Waals surface area contributed by atoms with E-state index in [2.05, 4.69) is 26.7 Å². The minimum Gasteiger partial charge on any atom is -0.373 e. The molecule has 1 saturated carbocycles. The molecular weight excluding hydrogens is 368 g/mol. The molecule has 2 N–H and O–H groups in total. The molecule has 1 aromatic carbocycles. The summed E-state index contributed by atoms with van der Waals surface area (Å²) in [5.74, 6) is 0.436. The van der Waals surface area contributed by atoms with E-state index in [-0.39, 0.29) is 17.7 Å². The van der Waals surface area contributed by atoms with Crippen LogP contribution in [0.25, 0.3) is 11.3 Å². The Bertz CT molecular complexity index is 945. The van der Waals surface area contributed by atoms with Crippen molar-refractivity contribution in [3.63, 3.8) is 0 Å². The molecule has 29 heavy (non-hydrogen) atoms. The third kappa shape index (κ3) is 4.88. The number of nitriles is 1. The molecule has 1 aliphatic rings. The fourth-order valence-electron chi connectivity index (χ4n) is 2.87. The van der Waals surface area contributed by atoms with E-state index in [1.54, 1.807) is 38.5 Å². The lowest BCUT2D eigenvalue weighted by Crippen LogP contribution is -2.38. The van der Waals surface area contributed by atoms with Gasteiger partial charge in [0.1, 0.15) is 12.1 Å². The van der Waals surface area contributed by atoms with E-state index in [9.17, 15) is 14.9 Å². The molecule has 8 nitrogen and oxygen atoms in total. The average Bonchev–Trinajstić information content (AvgIpc) is 3.57. The molecule has 2 amide bonds. The van der Waals surface area contributed by atoms with Crippen molar-refractivity contribution >= 4 is 23.3 Å². The summed E-state index contributed by atoms with van der Waals surface area (Å²) < 4.78 is 0. The lowest BCUT2D eigenvalue weighted by molar-refractivity contribution is -0.129. The molecule has 1 aliphatic carbocycles. The highest BCUT2D eigenvalue weighted by Gasteiger charge is 2.29. The molecule has 0 unspecified atom stereocenters. The van der Waals surface area contributed by atoms with Gasteiger partial charge >= 0.3 is 0 Å². The molecule has 150 valence electrons. The first-order valence-electron chi connectivity index (χ1n) is 9.58. The average molecular weight is 392 g/mol. The number of nitrogens with one attached hydrogen (secondary N) is 2. The summed E-state index contributed by atoms with van der Waals surface area (Å²) in [6.45, 7) is 1.91. The lowest BCUT2D eigenvalue weighted by atomic mass is 10.1. The monoisotopic (exact) mass is 392 g/mol. The predicted octanol–water partition coefficient (Wildman–Crippen LogP) is 2.64. The van der Waals surface area contributed by atoms with Crippen molar-refractivity contribution in [1.82, 2.24) is 14.9 Å². The van der Waals surface area contributed by atoms with Crippen molar-refractivity contribution in [3.8, 4) is 17.3 Å². The Labute approximate surface area is 170 Å². The summed E-state index contributed by atoms with van der Waals surface area (Å²) in [5, 5.41) is 15.4. The molecule has 2 aromatic rings. The van der Waals surface area contributed by atoms with Gasteiger partial charge in [0.2, 0.25) is 11.8 Å². The van der Waals surface area contributed by atoms with Crippen LogP contribution in [0.3, 0.4) is 0 Å². The Morgan fingerprint density at radius 2 is 2.03 bits per heavy atom. The number of rotatable bonds is 7. The molecule has 0 spiro atoms. The first-order chi connectivity index (χ1) is 13.9. The van der Waals surface area contributed by atoms with Gasteiger partial charge < -0.3 is 15.5 Å². The second-order valence-electron chi connectivity index (χ2n) is 7.26. The molecule has 1 aromatic heterocycles. The molecule has 0 radical (unpaired) electrons. The summed E-state index contributed by atoms with van der Waals surface area (Å²) in [6.07, 6.45) is 5.53. The molecule has 0 aliphatic heterocycles. The second-order valence-corrected chi connectivity index (χ2v) is 7.26. The van der Waals surface area contributed by atoms with E-state index in [1.807, 2.05) is 6.92 Å².